The molecule has 0 unspecified atom stereocenters. The third kappa shape index (κ3) is 4.29. The van der Waals surface area contributed by atoms with Gasteiger partial charge in [-0.05, 0) is 42.7 Å². The molecule has 0 saturated carbocycles. The summed E-state index contributed by atoms with van der Waals surface area (Å²) >= 11 is 0. The average molecular weight is 381 g/mol. The highest BCUT2D eigenvalue weighted by Gasteiger charge is 2.20. The summed E-state index contributed by atoms with van der Waals surface area (Å²) in [6.07, 6.45) is 0. The van der Waals surface area contributed by atoms with Crippen LogP contribution in [0, 0.1) is 13.8 Å². The number of para-hydroxylation sites is 1. The van der Waals surface area contributed by atoms with Crippen molar-refractivity contribution in [1.82, 2.24) is 9.80 Å². The Bertz CT molecular complexity index is 840. The first-order valence-electron chi connectivity index (χ1n) is 9.78. The molecule has 0 aromatic heterocycles. The number of hydrogen-bond acceptors (Lipinski definition) is 5. The quantitative estimate of drug-likeness (QED) is 0.863. The number of piperazine rings is 1. The Hall–Kier alpha value is -2.57. The maximum atomic E-state index is 12.5. The van der Waals surface area contributed by atoms with Crippen molar-refractivity contribution in [3.05, 3.63) is 53.1 Å². The molecule has 2 heterocycles. The van der Waals surface area contributed by atoms with Crippen molar-refractivity contribution in [2.24, 2.45) is 0 Å². The summed E-state index contributed by atoms with van der Waals surface area (Å²) in [6.45, 7) is 9.37. The second-order valence-corrected chi connectivity index (χ2v) is 7.55. The van der Waals surface area contributed by atoms with Gasteiger partial charge < -0.3 is 14.8 Å². The molecule has 28 heavy (non-hydrogen) atoms. The molecule has 0 bridgehead atoms. The molecule has 2 aliphatic heterocycles. The first-order valence-corrected chi connectivity index (χ1v) is 9.78. The largest absolute Gasteiger partial charge is 0.454 e. The number of anilines is 1. The van der Waals surface area contributed by atoms with E-state index in [1.165, 1.54) is 5.56 Å². The van der Waals surface area contributed by atoms with Gasteiger partial charge in [-0.1, -0.05) is 24.3 Å². The van der Waals surface area contributed by atoms with Gasteiger partial charge in [-0.2, -0.15) is 0 Å². The number of amides is 1. The smallest absolute Gasteiger partial charge is 0.238 e. The number of ether oxygens (including phenoxy) is 2. The Morgan fingerprint density at radius 1 is 0.964 bits per heavy atom. The number of benzene rings is 2. The lowest BCUT2D eigenvalue weighted by molar-refractivity contribution is -0.117. The molecule has 2 aromatic rings. The zero-order valence-corrected chi connectivity index (χ0v) is 16.5. The summed E-state index contributed by atoms with van der Waals surface area (Å²) in [5.74, 6) is 1.71. The van der Waals surface area contributed by atoms with Crippen LogP contribution in [-0.2, 0) is 11.3 Å². The van der Waals surface area contributed by atoms with Crippen LogP contribution in [0.2, 0.25) is 0 Å². The van der Waals surface area contributed by atoms with Gasteiger partial charge in [-0.3, -0.25) is 14.6 Å². The minimum Gasteiger partial charge on any atom is -0.454 e. The van der Waals surface area contributed by atoms with Crippen LogP contribution in [0.3, 0.4) is 0 Å². The number of rotatable bonds is 5. The van der Waals surface area contributed by atoms with E-state index < -0.39 is 0 Å². The summed E-state index contributed by atoms with van der Waals surface area (Å²) in [5.41, 5.74) is 4.36. The minimum atomic E-state index is 0.0571. The van der Waals surface area contributed by atoms with Crippen molar-refractivity contribution < 1.29 is 14.3 Å². The number of carbonyl (C=O) groups is 1. The Labute approximate surface area is 166 Å². The van der Waals surface area contributed by atoms with Crippen molar-refractivity contribution >= 4 is 11.6 Å². The van der Waals surface area contributed by atoms with E-state index in [1.54, 1.807) is 0 Å². The van der Waals surface area contributed by atoms with Gasteiger partial charge in [0.2, 0.25) is 12.7 Å². The predicted molar refractivity (Wildman–Crippen MR) is 109 cm³/mol. The molecule has 0 aliphatic carbocycles. The number of carbonyl (C=O) groups excluding carboxylic acids is 1. The first kappa shape index (κ1) is 18.8. The van der Waals surface area contributed by atoms with Gasteiger partial charge in [0.25, 0.3) is 0 Å². The summed E-state index contributed by atoms with van der Waals surface area (Å²) in [6, 6.07) is 12.2. The van der Waals surface area contributed by atoms with Crippen LogP contribution in [-0.4, -0.2) is 55.2 Å². The number of nitrogens with one attached hydrogen (secondary N) is 1. The lowest BCUT2D eigenvalue weighted by Crippen LogP contribution is -2.48. The molecule has 2 aromatic carbocycles. The van der Waals surface area contributed by atoms with Crippen molar-refractivity contribution in [3.8, 4) is 11.5 Å². The maximum Gasteiger partial charge on any atom is 0.238 e. The van der Waals surface area contributed by atoms with Crippen LogP contribution >= 0.6 is 0 Å². The fourth-order valence-electron chi connectivity index (χ4n) is 3.80. The van der Waals surface area contributed by atoms with Gasteiger partial charge in [-0.25, -0.2) is 0 Å². The molecular weight excluding hydrogens is 354 g/mol. The molecule has 2 aliphatic rings. The number of fused-ring (bicyclic) bond motifs is 1. The van der Waals surface area contributed by atoms with E-state index in [0.29, 0.717) is 13.3 Å². The first-order chi connectivity index (χ1) is 13.6. The van der Waals surface area contributed by atoms with Gasteiger partial charge >= 0.3 is 0 Å². The average Bonchev–Trinajstić information content (AvgIpc) is 3.14. The van der Waals surface area contributed by atoms with E-state index in [2.05, 4.69) is 27.2 Å². The second kappa shape index (κ2) is 8.20. The van der Waals surface area contributed by atoms with Gasteiger partial charge in [-0.15, -0.1) is 0 Å². The third-order valence-electron chi connectivity index (χ3n) is 5.42. The molecular formula is C22H27N3O3. The summed E-state index contributed by atoms with van der Waals surface area (Å²) in [7, 11) is 0. The Morgan fingerprint density at radius 2 is 1.64 bits per heavy atom. The SMILES string of the molecule is Cc1cccc(C)c1NC(=O)CN1CCN(Cc2ccc3c(c2)OCO3)CC1. The zero-order valence-electron chi connectivity index (χ0n) is 16.5. The van der Waals surface area contributed by atoms with E-state index in [-0.39, 0.29) is 5.91 Å². The van der Waals surface area contributed by atoms with Gasteiger partial charge in [0.05, 0.1) is 6.54 Å². The summed E-state index contributed by atoms with van der Waals surface area (Å²) in [4.78, 5) is 17.1. The van der Waals surface area contributed by atoms with Crippen molar-refractivity contribution in [2.75, 3.05) is 44.8 Å². The molecule has 6 heteroatoms. The second-order valence-electron chi connectivity index (χ2n) is 7.55. The minimum absolute atomic E-state index is 0.0571. The van der Waals surface area contributed by atoms with Crippen LogP contribution in [0.5, 0.6) is 11.5 Å². The van der Waals surface area contributed by atoms with Crippen LogP contribution < -0.4 is 14.8 Å². The highest BCUT2D eigenvalue weighted by atomic mass is 16.7. The zero-order chi connectivity index (χ0) is 19.5. The number of aryl methyl sites for hydroxylation is 2. The molecule has 1 saturated heterocycles. The number of hydrogen-bond donors (Lipinski definition) is 1. The van der Waals surface area contributed by atoms with E-state index in [9.17, 15) is 4.79 Å². The van der Waals surface area contributed by atoms with Gasteiger partial charge in [0, 0.05) is 38.4 Å². The lowest BCUT2D eigenvalue weighted by Gasteiger charge is -2.34. The van der Waals surface area contributed by atoms with Crippen LogP contribution in [0.1, 0.15) is 16.7 Å². The van der Waals surface area contributed by atoms with Gasteiger partial charge in [0.1, 0.15) is 0 Å². The monoisotopic (exact) mass is 381 g/mol. The van der Waals surface area contributed by atoms with Crippen LogP contribution in [0.25, 0.3) is 0 Å². The standard InChI is InChI=1S/C22H27N3O3/c1-16-4-3-5-17(2)22(16)23-21(26)14-25-10-8-24(9-11-25)13-18-6-7-19-20(12-18)28-15-27-19/h3-7,12H,8-11,13-15H2,1-2H3,(H,23,26). The normalized spacial score (nSPS) is 16.9. The molecule has 0 spiro atoms. The fourth-order valence-corrected chi connectivity index (χ4v) is 3.80. The molecule has 6 nitrogen and oxygen atoms in total. The fraction of sp³-hybridized carbons (Fsp3) is 0.409. The topological polar surface area (TPSA) is 54.0 Å². The molecule has 148 valence electrons. The van der Waals surface area contributed by atoms with E-state index in [1.807, 2.05) is 38.1 Å². The maximum absolute atomic E-state index is 12.5. The molecule has 4 rings (SSSR count). The predicted octanol–water partition coefficient (Wildman–Crippen LogP) is 2.79. The third-order valence-corrected chi connectivity index (χ3v) is 5.42. The van der Waals surface area contributed by atoms with Crippen LogP contribution in [0.15, 0.2) is 36.4 Å². The highest BCUT2D eigenvalue weighted by molar-refractivity contribution is 5.93. The Balaban J connectivity index is 1.25. The van der Waals surface area contributed by atoms with Crippen molar-refractivity contribution in [1.29, 1.82) is 0 Å². The number of nitrogens with zero attached hydrogens (tertiary/aromatic N) is 2. The van der Waals surface area contributed by atoms with Gasteiger partial charge in [0.15, 0.2) is 11.5 Å². The van der Waals surface area contributed by atoms with Crippen molar-refractivity contribution in [3.63, 3.8) is 0 Å². The Kier molecular flexibility index (Phi) is 5.50. The molecule has 1 N–H and O–H groups in total. The summed E-state index contributed by atoms with van der Waals surface area (Å²) < 4.78 is 10.8. The van der Waals surface area contributed by atoms with E-state index in [4.69, 9.17) is 9.47 Å². The summed E-state index contributed by atoms with van der Waals surface area (Å²) in [5, 5.41) is 3.08. The molecule has 0 atom stereocenters. The molecule has 0 radical (unpaired) electrons. The van der Waals surface area contributed by atoms with E-state index in [0.717, 1.165) is 61.0 Å². The lowest BCUT2D eigenvalue weighted by atomic mass is 10.1. The van der Waals surface area contributed by atoms with Crippen LogP contribution in [0.4, 0.5) is 5.69 Å². The Morgan fingerprint density at radius 3 is 2.39 bits per heavy atom. The van der Waals surface area contributed by atoms with Crippen molar-refractivity contribution in [2.45, 2.75) is 20.4 Å². The van der Waals surface area contributed by atoms with E-state index >= 15 is 0 Å². The molecule has 1 fully saturated rings. The molecule has 1 amide bonds. The highest BCUT2D eigenvalue weighted by Crippen LogP contribution is 2.32.